The molecule has 4 nitrogen and oxygen atoms in total. The predicted octanol–water partition coefficient (Wildman–Crippen LogP) is 0.846. The van der Waals surface area contributed by atoms with Gasteiger partial charge in [0.1, 0.15) is 0 Å². The van der Waals surface area contributed by atoms with E-state index in [1.54, 1.807) is 12.2 Å². The van der Waals surface area contributed by atoms with Gasteiger partial charge in [-0.3, -0.25) is 0 Å². The molecule has 0 radical (unpaired) electrons. The molecule has 1 saturated heterocycles. The van der Waals surface area contributed by atoms with E-state index in [4.69, 9.17) is 0 Å². The minimum atomic E-state index is -2.84. The molecule has 0 aromatic carbocycles. The highest BCUT2D eigenvalue weighted by Gasteiger charge is 2.29. The molecule has 1 heterocycles. The Bertz CT molecular complexity index is 352. The highest BCUT2D eigenvalue weighted by molar-refractivity contribution is 7.92. The molecule has 1 aliphatic heterocycles. The van der Waals surface area contributed by atoms with Crippen LogP contribution in [0.2, 0.25) is 0 Å². The number of sulfone groups is 1. The number of nitrogens with zero attached hydrogens (tertiary/aromatic N) is 1. The second-order valence-electron chi connectivity index (χ2n) is 3.27. The van der Waals surface area contributed by atoms with Crippen molar-refractivity contribution in [1.29, 1.82) is 0 Å². The van der Waals surface area contributed by atoms with Crippen LogP contribution in [0.15, 0.2) is 17.1 Å². The third-order valence-corrected chi connectivity index (χ3v) is 4.59. The maximum Gasteiger partial charge on any atom is 0.235 e. The minimum absolute atomic E-state index is 0.223. The molecule has 1 rings (SSSR count). The molecular formula is C9H13NO3S. The summed E-state index contributed by atoms with van der Waals surface area (Å²) in [5, 5.41) is -0.223. The SMILES string of the molecule is O=C=NC/C=C\CC1CCCS1(=O)=O. The molecule has 1 atom stereocenters. The molecule has 0 aromatic heterocycles. The lowest BCUT2D eigenvalue weighted by Gasteiger charge is -2.03. The van der Waals surface area contributed by atoms with Gasteiger partial charge in [0.2, 0.25) is 6.08 Å². The van der Waals surface area contributed by atoms with Gasteiger partial charge in [0, 0.05) is 0 Å². The summed E-state index contributed by atoms with van der Waals surface area (Å²) in [5.74, 6) is 0.317. The molecule has 0 saturated carbocycles. The zero-order valence-corrected chi connectivity index (χ0v) is 8.66. The van der Waals surface area contributed by atoms with Gasteiger partial charge in [-0.1, -0.05) is 12.2 Å². The number of allylic oxidation sites excluding steroid dienone is 1. The maximum atomic E-state index is 11.4. The quantitative estimate of drug-likeness (QED) is 0.396. The van der Waals surface area contributed by atoms with Gasteiger partial charge in [0.15, 0.2) is 9.84 Å². The van der Waals surface area contributed by atoms with E-state index in [1.165, 1.54) is 6.08 Å². The Morgan fingerprint density at radius 1 is 1.43 bits per heavy atom. The zero-order valence-electron chi connectivity index (χ0n) is 7.85. The van der Waals surface area contributed by atoms with Gasteiger partial charge in [-0.2, -0.15) is 0 Å². The van der Waals surface area contributed by atoms with Gasteiger partial charge in [0.05, 0.1) is 17.5 Å². The van der Waals surface area contributed by atoms with Crippen LogP contribution >= 0.6 is 0 Å². The number of hydrogen-bond donors (Lipinski definition) is 0. The summed E-state index contributed by atoms with van der Waals surface area (Å²) in [6, 6.07) is 0. The van der Waals surface area contributed by atoms with Crippen LogP contribution < -0.4 is 0 Å². The lowest BCUT2D eigenvalue weighted by atomic mass is 10.2. The molecule has 1 aliphatic rings. The number of aliphatic imine (C=N–C) groups is 1. The van der Waals surface area contributed by atoms with Crippen molar-refractivity contribution in [2.45, 2.75) is 24.5 Å². The highest BCUT2D eigenvalue weighted by atomic mass is 32.2. The van der Waals surface area contributed by atoms with E-state index in [9.17, 15) is 13.2 Å². The topological polar surface area (TPSA) is 63.6 Å². The summed E-state index contributed by atoms with van der Waals surface area (Å²) in [6.45, 7) is 0.288. The molecule has 78 valence electrons. The van der Waals surface area contributed by atoms with Gasteiger partial charge in [0.25, 0.3) is 0 Å². The van der Waals surface area contributed by atoms with Gasteiger partial charge in [-0.15, -0.1) is 0 Å². The highest BCUT2D eigenvalue weighted by Crippen LogP contribution is 2.22. The first-order valence-electron chi connectivity index (χ1n) is 4.57. The zero-order chi connectivity index (χ0) is 10.4. The average molecular weight is 215 g/mol. The van der Waals surface area contributed by atoms with Crippen LogP contribution in [0.4, 0.5) is 0 Å². The van der Waals surface area contributed by atoms with Crippen molar-refractivity contribution in [3.63, 3.8) is 0 Å². The Kier molecular flexibility index (Phi) is 4.04. The molecule has 0 spiro atoms. The third-order valence-electron chi connectivity index (χ3n) is 2.29. The Morgan fingerprint density at radius 3 is 2.79 bits per heavy atom. The Balaban J connectivity index is 2.38. The van der Waals surface area contributed by atoms with E-state index in [0.29, 0.717) is 12.2 Å². The van der Waals surface area contributed by atoms with Crippen molar-refractivity contribution in [2.75, 3.05) is 12.3 Å². The van der Waals surface area contributed by atoms with Crippen molar-refractivity contribution in [2.24, 2.45) is 4.99 Å². The molecule has 0 aromatic rings. The summed E-state index contributed by atoms with van der Waals surface area (Å²) < 4.78 is 22.7. The molecule has 0 amide bonds. The smallest absolute Gasteiger partial charge is 0.229 e. The number of rotatable bonds is 4. The van der Waals surface area contributed by atoms with Gasteiger partial charge in [-0.05, 0) is 19.3 Å². The van der Waals surface area contributed by atoms with Crippen molar-refractivity contribution >= 4 is 15.9 Å². The lowest BCUT2D eigenvalue weighted by Crippen LogP contribution is -2.14. The van der Waals surface area contributed by atoms with Gasteiger partial charge in [-0.25, -0.2) is 18.2 Å². The standard InChI is InChI=1S/C9H13NO3S/c11-8-10-6-2-1-4-9-5-3-7-14(9,12)13/h1-2,9H,3-7H2/b2-1-. The van der Waals surface area contributed by atoms with E-state index in [0.717, 1.165) is 12.8 Å². The van der Waals surface area contributed by atoms with Crippen molar-refractivity contribution in [1.82, 2.24) is 0 Å². The van der Waals surface area contributed by atoms with E-state index < -0.39 is 9.84 Å². The van der Waals surface area contributed by atoms with E-state index in [-0.39, 0.29) is 11.8 Å². The van der Waals surface area contributed by atoms with Crippen molar-refractivity contribution in [3.05, 3.63) is 12.2 Å². The van der Waals surface area contributed by atoms with Crippen LogP contribution in [0.3, 0.4) is 0 Å². The van der Waals surface area contributed by atoms with Gasteiger partial charge >= 0.3 is 0 Å². The monoisotopic (exact) mass is 215 g/mol. The lowest BCUT2D eigenvalue weighted by molar-refractivity contribution is 0.563. The summed E-state index contributed by atoms with van der Waals surface area (Å²) >= 11 is 0. The first-order valence-corrected chi connectivity index (χ1v) is 6.28. The Labute approximate surface area is 83.6 Å². The number of isocyanates is 1. The summed E-state index contributed by atoms with van der Waals surface area (Å²) in [5.41, 5.74) is 0. The molecule has 0 aliphatic carbocycles. The van der Waals surface area contributed by atoms with E-state index in [1.807, 2.05) is 0 Å². The number of hydrogen-bond acceptors (Lipinski definition) is 4. The number of carbonyl (C=O) groups excluding carboxylic acids is 1. The van der Waals surface area contributed by atoms with Crippen molar-refractivity contribution in [3.8, 4) is 0 Å². The minimum Gasteiger partial charge on any atom is -0.229 e. The molecule has 0 bridgehead atoms. The first kappa shape index (κ1) is 11.1. The molecule has 14 heavy (non-hydrogen) atoms. The molecule has 5 heteroatoms. The van der Waals surface area contributed by atoms with Crippen LogP contribution in [-0.4, -0.2) is 32.0 Å². The Morgan fingerprint density at radius 2 is 2.21 bits per heavy atom. The van der Waals surface area contributed by atoms with Gasteiger partial charge < -0.3 is 0 Å². The molecule has 0 N–H and O–H groups in total. The third kappa shape index (κ3) is 3.09. The fourth-order valence-corrected chi connectivity index (χ4v) is 3.37. The first-order chi connectivity index (χ1) is 6.67. The van der Waals surface area contributed by atoms with E-state index in [2.05, 4.69) is 4.99 Å². The van der Waals surface area contributed by atoms with Crippen LogP contribution in [0.1, 0.15) is 19.3 Å². The second kappa shape index (κ2) is 5.08. The normalized spacial score (nSPS) is 25.0. The average Bonchev–Trinajstić information content (AvgIpc) is 2.45. The summed E-state index contributed by atoms with van der Waals surface area (Å²) in [6.07, 6.45) is 6.95. The summed E-state index contributed by atoms with van der Waals surface area (Å²) in [4.78, 5) is 13.0. The van der Waals surface area contributed by atoms with Crippen LogP contribution in [0.25, 0.3) is 0 Å². The Hall–Kier alpha value is -0.930. The summed E-state index contributed by atoms with van der Waals surface area (Å²) in [7, 11) is -2.84. The van der Waals surface area contributed by atoms with Crippen LogP contribution in [-0.2, 0) is 14.6 Å². The second-order valence-corrected chi connectivity index (χ2v) is 5.67. The van der Waals surface area contributed by atoms with Crippen LogP contribution in [0, 0.1) is 0 Å². The van der Waals surface area contributed by atoms with Crippen LogP contribution in [0.5, 0.6) is 0 Å². The fraction of sp³-hybridized carbons (Fsp3) is 0.667. The molecule has 1 fully saturated rings. The maximum absolute atomic E-state index is 11.4. The predicted molar refractivity (Wildman–Crippen MR) is 53.6 cm³/mol. The fourth-order valence-electron chi connectivity index (χ4n) is 1.54. The molecular weight excluding hydrogens is 202 g/mol. The largest absolute Gasteiger partial charge is 0.235 e. The molecule has 1 unspecified atom stereocenters. The van der Waals surface area contributed by atoms with Crippen molar-refractivity contribution < 1.29 is 13.2 Å². The van der Waals surface area contributed by atoms with E-state index >= 15 is 0 Å².